The van der Waals surface area contributed by atoms with Crippen molar-refractivity contribution in [3.8, 4) is 0 Å². The predicted molar refractivity (Wildman–Crippen MR) is 89.1 cm³/mol. The molecule has 6 nitrogen and oxygen atoms in total. The van der Waals surface area contributed by atoms with Crippen molar-refractivity contribution in [1.82, 2.24) is 4.98 Å². The molecule has 6 heteroatoms. The lowest BCUT2D eigenvalue weighted by atomic mass is 10.0. The first-order valence-electron chi connectivity index (χ1n) is 7.10. The number of hydrogen-bond acceptors (Lipinski definition) is 6. The fraction of sp³-hybridized carbons (Fsp3) is 0.250. The number of rotatable bonds is 5. The molecule has 2 aromatic rings. The molecule has 0 bridgehead atoms. The third-order valence-corrected chi connectivity index (χ3v) is 3.58. The Morgan fingerprint density at radius 2 is 2.18 bits per heavy atom. The number of pyridine rings is 1. The highest BCUT2D eigenvalue weighted by molar-refractivity contribution is 5.96. The SMILES string of the molecule is Nc1cc(NC[C@@H](O)CO)c2ccc(C3=CC=NC3)cc2n1. The molecule has 1 aliphatic rings. The average Bonchev–Trinajstić information content (AvgIpc) is 3.05. The van der Waals surface area contributed by atoms with Gasteiger partial charge in [0.05, 0.1) is 24.8 Å². The van der Waals surface area contributed by atoms with Crippen molar-refractivity contribution in [2.45, 2.75) is 6.10 Å². The van der Waals surface area contributed by atoms with Gasteiger partial charge in [-0.2, -0.15) is 0 Å². The summed E-state index contributed by atoms with van der Waals surface area (Å²) in [5.74, 6) is 0.405. The van der Waals surface area contributed by atoms with Gasteiger partial charge in [0.25, 0.3) is 0 Å². The molecule has 0 aliphatic carbocycles. The fourth-order valence-electron chi connectivity index (χ4n) is 2.42. The number of nitrogens with two attached hydrogens (primary N) is 1. The number of aromatic nitrogens is 1. The summed E-state index contributed by atoms with van der Waals surface area (Å²) >= 11 is 0. The summed E-state index contributed by atoms with van der Waals surface area (Å²) in [6.07, 6.45) is 2.98. The van der Waals surface area contributed by atoms with Crippen molar-refractivity contribution >= 4 is 34.2 Å². The van der Waals surface area contributed by atoms with Crippen LogP contribution in [0, 0.1) is 0 Å². The second-order valence-electron chi connectivity index (χ2n) is 5.23. The van der Waals surface area contributed by atoms with Crippen molar-refractivity contribution < 1.29 is 10.2 Å². The molecule has 1 atom stereocenters. The largest absolute Gasteiger partial charge is 0.394 e. The minimum Gasteiger partial charge on any atom is -0.394 e. The number of anilines is 2. The second-order valence-corrected chi connectivity index (χ2v) is 5.23. The maximum atomic E-state index is 9.47. The smallest absolute Gasteiger partial charge is 0.126 e. The van der Waals surface area contributed by atoms with Crippen LogP contribution >= 0.6 is 0 Å². The van der Waals surface area contributed by atoms with Crippen molar-refractivity contribution in [3.63, 3.8) is 0 Å². The minimum absolute atomic E-state index is 0.246. The summed E-state index contributed by atoms with van der Waals surface area (Å²) in [6.45, 7) is 0.640. The first-order chi connectivity index (χ1) is 10.7. The van der Waals surface area contributed by atoms with Crippen LogP contribution in [0.5, 0.6) is 0 Å². The molecule has 0 spiro atoms. The highest BCUT2D eigenvalue weighted by atomic mass is 16.3. The third kappa shape index (κ3) is 2.93. The first kappa shape index (κ1) is 14.5. The molecule has 0 fully saturated rings. The van der Waals surface area contributed by atoms with Crippen LogP contribution in [0.4, 0.5) is 11.5 Å². The number of aliphatic hydroxyl groups is 2. The van der Waals surface area contributed by atoms with Gasteiger partial charge in [-0.1, -0.05) is 12.1 Å². The van der Waals surface area contributed by atoms with Gasteiger partial charge >= 0.3 is 0 Å². The molecule has 3 rings (SSSR count). The molecule has 5 N–H and O–H groups in total. The van der Waals surface area contributed by atoms with Crippen LogP contribution in [-0.4, -0.2) is 47.2 Å². The Balaban J connectivity index is 1.95. The van der Waals surface area contributed by atoms with Crippen LogP contribution < -0.4 is 11.1 Å². The Hall–Kier alpha value is -2.44. The van der Waals surface area contributed by atoms with Gasteiger partial charge in [-0.25, -0.2) is 4.98 Å². The summed E-state index contributed by atoms with van der Waals surface area (Å²) in [4.78, 5) is 8.56. The summed E-state index contributed by atoms with van der Waals surface area (Å²) < 4.78 is 0. The number of nitrogens with one attached hydrogen (secondary N) is 1. The Morgan fingerprint density at radius 1 is 1.32 bits per heavy atom. The fourth-order valence-corrected chi connectivity index (χ4v) is 2.42. The van der Waals surface area contributed by atoms with E-state index in [1.165, 1.54) is 0 Å². The Morgan fingerprint density at radius 3 is 2.91 bits per heavy atom. The topological polar surface area (TPSA) is 104 Å². The van der Waals surface area contributed by atoms with Crippen LogP contribution in [0.15, 0.2) is 35.3 Å². The third-order valence-electron chi connectivity index (χ3n) is 3.58. The lowest BCUT2D eigenvalue weighted by Gasteiger charge is -2.14. The first-order valence-corrected chi connectivity index (χ1v) is 7.10. The number of nitrogens with zero attached hydrogens (tertiary/aromatic N) is 2. The Kier molecular flexibility index (Phi) is 4.04. The summed E-state index contributed by atoms with van der Waals surface area (Å²) in [5.41, 5.74) is 9.66. The standard InChI is InChI=1S/C16H18N4O2/c17-16-6-14(19-8-12(22)9-21)13-2-1-10(5-15(13)20-16)11-3-4-18-7-11/h1-6,12,21-22H,7-9H2,(H3,17,19,20)/t12-/m1/s1. The number of benzene rings is 1. The summed E-state index contributed by atoms with van der Waals surface area (Å²) in [6, 6.07) is 7.71. The zero-order chi connectivity index (χ0) is 15.5. The van der Waals surface area contributed by atoms with E-state index in [4.69, 9.17) is 10.8 Å². The van der Waals surface area contributed by atoms with Gasteiger partial charge in [0.15, 0.2) is 0 Å². The Bertz CT molecular complexity index is 755. The van der Waals surface area contributed by atoms with E-state index in [-0.39, 0.29) is 13.2 Å². The van der Waals surface area contributed by atoms with Gasteiger partial charge in [0, 0.05) is 29.9 Å². The predicted octanol–water partition coefficient (Wildman–Crippen LogP) is 1.05. The lowest BCUT2D eigenvalue weighted by molar-refractivity contribution is 0.105. The second kappa shape index (κ2) is 6.13. The van der Waals surface area contributed by atoms with Crippen LogP contribution in [0.25, 0.3) is 16.5 Å². The molecular weight excluding hydrogens is 280 g/mol. The average molecular weight is 298 g/mol. The molecular formula is C16H18N4O2. The molecule has 1 aromatic carbocycles. The van der Waals surface area contributed by atoms with E-state index < -0.39 is 6.10 Å². The number of hydrogen-bond donors (Lipinski definition) is 4. The van der Waals surface area contributed by atoms with E-state index in [2.05, 4.69) is 15.3 Å². The van der Waals surface area contributed by atoms with E-state index >= 15 is 0 Å². The molecule has 22 heavy (non-hydrogen) atoms. The van der Waals surface area contributed by atoms with Gasteiger partial charge in [-0.3, -0.25) is 4.99 Å². The monoisotopic (exact) mass is 298 g/mol. The van der Waals surface area contributed by atoms with Gasteiger partial charge in [0.1, 0.15) is 5.82 Å². The maximum absolute atomic E-state index is 9.47. The number of fused-ring (bicyclic) bond motifs is 1. The minimum atomic E-state index is -0.815. The van der Waals surface area contributed by atoms with Crippen LogP contribution in [0.1, 0.15) is 5.56 Å². The quantitative estimate of drug-likeness (QED) is 0.660. The van der Waals surface area contributed by atoms with Gasteiger partial charge < -0.3 is 21.3 Å². The van der Waals surface area contributed by atoms with Crippen LogP contribution in [-0.2, 0) is 0 Å². The van der Waals surface area contributed by atoms with Crippen molar-refractivity contribution in [3.05, 3.63) is 35.9 Å². The van der Waals surface area contributed by atoms with Crippen LogP contribution in [0.3, 0.4) is 0 Å². The Labute approximate surface area is 128 Å². The molecule has 1 aliphatic heterocycles. The van der Waals surface area contributed by atoms with E-state index in [9.17, 15) is 5.11 Å². The molecule has 2 heterocycles. The van der Waals surface area contributed by atoms with Gasteiger partial charge in [-0.15, -0.1) is 0 Å². The maximum Gasteiger partial charge on any atom is 0.126 e. The highest BCUT2D eigenvalue weighted by Gasteiger charge is 2.10. The van der Waals surface area contributed by atoms with Crippen molar-refractivity contribution in [1.29, 1.82) is 0 Å². The molecule has 1 aromatic heterocycles. The molecule has 0 saturated heterocycles. The van der Waals surface area contributed by atoms with E-state index in [1.54, 1.807) is 12.3 Å². The lowest BCUT2D eigenvalue weighted by Crippen LogP contribution is -2.23. The highest BCUT2D eigenvalue weighted by Crippen LogP contribution is 2.28. The zero-order valence-corrected chi connectivity index (χ0v) is 12.0. The summed E-state index contributed by atoms with van der Waals surface area (Å²) in [7, 11) is 0. The molecule has 0 saturated carbocycles. The molecule has 0 unspecified atom stereocenters. The van der Waals surface area contributed by atoms with Crippen molar-refractivity contribution in [2.75, 3.05) is 30.7 Å². The number of allylic oxidation sites excluding steroid dienone is 1. The van der Waals surface area contributed by atoms with E-state index in [0.29, 0.717) is 12.4 Å². The molecule has 0 radical (unpaired) electrons. The van der Waals surface area contributed by atoms with E-state index in [1.807, 2.05) is 24.3 Å². The zero-order valence-electron chi connectivity index (χ0n) is 12.0. The molecule has 114 valence electrons. The van der Waals surface area contributed by atoms with Gasteiger partial charge in [-0.05, 0) is 23.3 Å². The molecule has 0 amide bonds. The number of nitrogen functional groups attached to an aromatic ring is 1. The number of aliphatic hydroxyl groups excluding tert-OH is 2. The summed E-state index contributed by atoms with van der Waals surface area (Å²) in [5, 5.41) is 22.4. The van der Waals surface area contributed by atoms with Crippen molar-refractivity contribution in [2.24, 2.45) is 4.99 Å². The normalized spacial score (nSPS) is 15.1. The van der Waals surface area contributed by atoms with E-state index in [0.717, 1.165) is 27.7 Å². The number of aliphatic imine (C=N–C) groups is 1. The van der Waals surface area contributed by atoms with Gasteiger partial charge in [0.2, 0.25) is 0 Å². The van der Waals surface area contributed by atoms with Crippen LogP contribution in [0.2, 0.25) is 0 Å².